The lowest BCUT2D eigenvalue weighted by Crippen LogP contribution is -1.95. The van der Waals surface area contributed by atoms with Gasteiger partial charge in [-0.1, -0.05) is 27.5 Å². The summed E-state index contributed by atoms with van der Waals surface area (Å²) in [4.78, 5) is 0. The van der Waals surface area contributed by atoms with Gasteiger partial charge in [0, 0.05) is 4.47 Å². The van der Waals surface area contributed by atoms with E-state index in [1.54, 1.807) is 31.3 Å². The van der Waals surface area contributed by atoms with Crippen LogP contribution in [-0.4, -0.2) is 21.1 Å². The van der Waals surface area contributed by atoms with E-state index in [2.05, 4.69) is 31.2 Å². The van der Waals surface area contributed by atoms with E-state index < -0.39 is 0 Å². The minimum absolute atomic E-state index is 0.263. The van der Waals surface area contributed by atoms with Crippen molar-refractivity contribution in [3.8, 4) is 5.75 Å². The van der Waals surface area contributed by atoms with E-state index in [-0.39, 0.29) is 6.61 Å². The first kappa shape index (κ1) is 16.9. The normalized spacial score (nSPS) is 11.3. The molecule has 124 valence electrons. The van der Waals surface area contributed by atoms with Gasteiger partial charge in [-0.25, -0.2) is 0 Å². The number of halogens is 2. The summed E-state index contributed by atoms with van der Waals surface area (Å²) in [6, 6.07) is 9.04. The average Bonchev–Trinajstić information content (AvgIpc) is 3.12. The Morgan fingerprint density at radius 1 is 1.46 bits per heavy atom. The van der Waals surface area contributed by atoms with Crippen LogP contribution >= 0.6 is 39.7 Å². The second-order valence-corrected chi connectivity index (χ2v) is 6.51. The van der Waals surface area contributed by atoms with E-state index in [0.717, 1.165) is 4.47 Å². The maximum Gasteiger partial charge on any atom is 0.216 e. The van der Waals surface area contributed by atoms with Crippen LogP contribution < -0.4 is 4.74 Å². The molecule has 2 aromatic heterocycles. The molecule has 0 fully saturated rings. The number of hydrogen-bond donors (Lipinski definition) is 1. The van der Waals surface area contributed by atoms with E-state index in [1.165, 1.54) is 4.68 Å². The second kappa shape index (κ2) is 7.33. The first-order valence-electron chi connectivity index (χ1n) is 6.88. The highest BCUT2D eigenvalue weighted by molar-refractivity contribution is 9.10. The second-order valence-electron chi connectivity index (χ2n) is 4.80. The Bertz CT molecular complexity index is 947. The highest BCUT2D eigenvalue weighted by Gasteiger charge is 2.06. The number of aromatic nitrogens is 3. The van der Waals surface area contributed by atoms with Gasteiger partial charge < -0.3 is 9.15 Å². The Morgan fingerprint density at radius 3 is 3.00 bits per heavy atom. The number of H-pyrrole nitrogens is 1. The maximum atomic E-state index is 6.11. The molecule has 0 bridgehead atoms. The first-order valence-corrected chi connectivity index (χ1v) is 8.46. The molecule has 0 saturated carbocycles. The van der Waals surface area contributed by atoms with Gasteiger partial charge in [-0.15, -0.1) is 0 Å². The van der Waals surface area contributed by atoms with Gasteiger partial charge in [0.1, 0.15) is 29.7 Å². The van der Waals surface area contributed by atoms with Gasteiger partial charge in [0.25, 0.3) is 0 Å². The number of benzene rings is 1. The zero-order valence-electron chi connectivity index (χ0n) is 12.5. The summed E-state index contributed by atoms with van der Waals surface area (Å²) >= 11 is 14.5. The molecular formula is C15H12BrClN4O2S. The summed E-state index contributed by atoms with van der Waals surface area (Å²) < 4.78 is 14.1. The van der Waals surface area contributed by atoms with E-state index in [0.29, 0.717) is 32.9 Å². The van der Waals surface area contributed by atoms with Gasteiger partial charge in [0.15, 0.2) is 0 Å². The Kier molecular flexibility index (Phi) is 5.17. The Balaban J connectivity index is 1.66. The Labute approximate surface area is 156 Å². The molecule has 3 aromatic rings. The third-order valence-electron chi connectivity index (χ3n) is 3.06. The van der Waals surface area contributed by atoms with Crippen molar-refractivity contribution in [2.45, 2.75) is 13.5 Å². The molecule has 0 aliphatic heterocycles. The molecule has 0 radical (unpaired) electrons. The van der Waals surface area contributed by atoms with E-state index in [9.17, 15) is 0 Å². The molecule has 1 aromatic carbocycles. The first-order chi connectivity index (χ1) is 11.5. The largest absolute Gasteiger partial charge is 0.484 e. The smallest absolute Gasteiger partial charge is 0.216 e. The molecule has 0 unspecified atom stereocenters. The molecule has 1 N–H and O–H groups in total. The fourth-order valence-electron chi connectivity index (χ4n) is 1.90. The molecule has 0 atom stereocenters. The third-order valence-corrected chi connectivity index (χ3v) is 4.11. The lowest BCUT2D eigenvalue weighted by Gasteiger charge is -2.06. The number of hydrogen-bond acceptors (Lipinski definition) is 5. The summed E-state index contributed by atoms with van der Waals surface area (Å²) in [7, 11) is 0. The number of ether oxygens (including phenoxy) is 1. The third kappa shape index (κ3) is 3.95. The van der Waals surface area contributed by atoms with Crippen LogP contribution in [0, 0.1) is 11.7 Å². The predicted octanol–water partition coefficient (Wildman–Crippen LogP) is 4.72. The summed E-state index contributed by atoms with van der Waals surface area (Å²) in [5.41, 5.74) is 0. The molecule has 0 aliphatic rings. The molecule has 3 rings (SSSR count). The van der Waals surface area contributed by atoms with Crippen LogP contribution in [0.25, 0.3) is 0 Å². The Hall–Kier alpha value is -1.90. The molecular weight excluding hydrogens is 416 g/mol. The van der Waals surface area contributed by atoms with E-state index in [1.807, 2.05) is 12.1 Å². The van der Waals surface area contributed by atoms with Crippen LogP contribution in [0.3, 0.4) is 0 Å². The fourth-order valence-corrected chi connectivity index (χ4v) is 2.86. The molecule has 0 saturated heterocycles. The summed E-state index contributed by atoms with van der Waals surface area (Å²) in [5, 5.41) is 11.4. The predicted molar refractivity (Wildman–Crippen MR) is 97.3 cm³/mol. The summed E-state index contributed by atoms with van der Waals surface area (Å²) in [6.07, 6.45) is 1.56. The zero-order valence-corrected chi connectivity index (χ0v) is 15.7. The molecule has 0 aliphatic carbocycles. The SMILES string of the molecule is Cc1n[nH]c(=S)n1/N=C\c1ccc(COc2ccc(Br)cc2Cl)o1. The molecule has 24 heavy (non-hydrogen) atoms. The number of nitrogens with zero attached hydrogens (tertiary/aromatic N) is 3. The minimum atomic E-state index is 0.263. The van der Waals surface area contributed by atoms with Gasteiger partial charge in [0.05, 0.1) is 11.2 Å². The van der Waals surface area contributed by atoms with Gasteiger partial charge in [-0.3, -0.25) is 5.10 Å². The van der Waals surface area contributed by atoms with Gasteiger partial charge >= 0.3 is 0 Å². The highest BCUT2D eigenvalue weighted by Crippen LogP contribution is 2.28. The molecule has 0 amide bonds. The topological polar surface area (TPSA) is 68.3 Å². The van der Waals surface area contributed by atoms with Crippen molar-refractivity contribution in [2.75, 3.05) is 0 Å². The summed E-state index contributed by atoms with van der Waals surface area (Å²) in [5.74, 6) is 2.49. The number of nitrogens with one attached hydrogen (secondary N) is 1. The van der Waals surface area contributed by atoms with Crippen molar-refractivity contribution in [2.24, 2.45) is 5.10 Å². The standard InChI is InChI=1S/C15H12BrClN4O2S/c1-9-19-20-15(24)21(9)18-7-11-3-4-12(23-11)8-22-14-5-2-10(16)6-13(14)17/h2-7H,8H2,1H3,(H,20,24)/b18-7-. The molecule has 9 heteroatoms. The minimum Gasteiger partial charge on any atom is -0.484 e. The van der Waals surface area contributed by atoms with Gasteiger partial charge in [0.2, 0.25) is 4.77 Å². The van der Waals surface area contributed by atoms with Crippen LogP contribution in [0.15, 0.2) is 44.3 Å². The lowest BCUT2D eigenvalue weighted by molar-refractivity contribution is 0.270. The highest BCUT2D eigenvalue weighted by atomic mass is 79.9. The molecule has 0 spiro atoms. The quantitative estimate of drug-likeness (QED) is 0.472. The van der Waals surface area contributed by atoms with Crippen molar-refractivity contribution in [1.29, 1.82) is 0 Å². The van der Waals surface area contributed by atoms with Crippen molar-refractivity contribution < 1.29 is 9.15 Å². The number of aromatic amines is 1. The number of rotatable bonds is 5. The molecule has 2 heterocycles. The summed E-state index contributed by atoms with van der Waals surface area (Å²) in [6.45, 7) is 2.06. The van der Waals surface area contributed by atoms with E-state index >= 15 is 0 Å². The Morgan fingerprint density at radius 2 is 2.29 bits per heavy atom. The zero-order chi connectivity index (χ0) is 17.1. The van der Waals surface area contributed by atoms with Crippen LogP contribution in [0.2, 0.25) is 5.02 Å². The van der Waals surface area contributed by atoms with Crippen molar-refractivity contribution in [3.05, 3.63) is 61.9 Å². The lowest BCUT2D eigenvalue weighted by atomic mass is 10.3. The van der Waals surface area contributed by atoms with Crippen molar-refractivity contribution >= 4 is 46.0 Å². The van der Waals surface area contributed by atoms with Crippen molar-refractivity contribution in [1.82, 2.24) is 14.9 Å². The van der Waals surface area contributed by atoms with Crippen LogP contribution in [0.4, 0.5) is 0 Å². The van der Waals surface area contributed by atoms with Gasteiger partial charge in [-0.2, -0.15) is 14.9 Å². The van der Waals surface area contributed by atoms with E-state index in [4.69, 9.17) is 33.0 Å². The fraction of sp³-hybridized carbons (Fsp3) is 0.133. The van der Waals surface area contributed by atoms with Crippen molar-refractivity contribution in [3.63, 3.8) is 0 Å². The number of furan rings is 1. The average molecular weight is 428 g/mol. The monoisotopic (exact) mass is 426 g/mol. The maximum absolute atomic E-state index is 6.11. The van der Waals surface area contributed by atoms with Crippen LogP contribution in [0.1, 0.15) is 17.3 Å². The van der Waals surface area contributed by atoms with Crippen LogP contribution in [-0.2, 0) is 6.61 Å². The number of aryl methyl sites for hydroxylation is 1. The van der Waals surface area contributed by atoms with Crippen LogP contribution in [0.5, 0.6) is 5.75 Å². The van der Waals surface area contributed by atoms with Gasteiger partial charge in [-0.05, 0) is 49.5 Å². The molecule has 6 nitrogen and oxygen atoms in total.